The largest absolute Gasteiger partial charge is 0.463 e. The summed E-state index contributed by atoms with van der Waals surface area (Å²) in [7, 11) is 0. The Morgan fingerprint density at radius 3 is 3.00 bits per heavy atom. The van der Waals surface area contributed by atoms with Crippen molar-refractivity contribution >= 4 is 28.8 Å². The number of allylic oxidation sites excluding steroid dienone is 1. The fraction of sp³-hybridized carbons (Fsp3) is 0.353. The number of carbonyl (C=O) groups excluding carboxylic acids is 2. The van der Waals surface area contributed by atoms with E-state index in [2.05, 4.69) is 4.99 Å². The number of amides is 1. The molecule has 0 unspecified atom stereocenters. The molecule has 1 saturated heterocycles. The van der Waals surface area contributed by atoms with Crippen LogP contribution in [0.25, 0.3) is 0 Å². The summed E-state index contributed by atoms with van der Waals surface area (Å²) in [4.78, 5) is 30.9. The molecule has 0 aliphatic carbocycles. The lowest BCUT2D eigenvalue weighted by Crippen LogP contribution is -2.45. The molecule has 2 aliphatic heterocycles. The molecule has 3 rings (SSSR count). The van der Waals surface area contributed by atoms with Crippen LogP contribution in [0.5, 0.6) is 0 Å². The summed E-state index contributed by atoms with van der Waals surface area (Å²) in [6, 6.07) is 5.22. The minimum Gasteiger partial charge on any atom is -0.463 e. The van der Waals surface area contributed by atoms with Crippen molar-refractivity contribution in [2.75, 3.05) is 12.4 Å². The molecule has 24 heavy (non-hydrogen) atoms. The highest BCUT2D eigenvalue weighted by molar-refractivity contribution is 8.14. The number of hydrogen-bond acceptors (Lipinski definition) is 5. The number of halogens is 1. The Morgan fingerprint density at radius 1 is 1.50 bits per heavy atom. The highest BCUT2D eigenvalue weighted by Gasteiger charge is 2.41. The normalized spacial score (nSPS) is 20.6. The Bertz CT molecular complexity index is 760. The Labute approximate surface area is 143 Å². The number of benzene rings is 1. The van der Waals surface area contributed by atoms with Crippen molar-refractivity contribution in [1.29, 1.82) is 0 Å². The fourth-order valence-electron chi connectivity index (χ4n) is 2.86. The van der Waals surface area contributed by atoms with Gasteiger partial charge in [-0.1, -0.05) is 23.9 Å². The van der Waals surface area contributed by atoms with Gasteiger partial charge in [0.25, 0.3) is 0 Å². The van der Waals surface area contributed by atoms with E-state index in [0.29, 0.717) is 28.6 Å². The number of nitrogens with zero attached hydrogens (tertiary/aromatic N) is 2. The maximum absolute atomic E-state index is 13.7. The maximum atomic E-state index is 13.7. The zero-order valence-corrected chi connectivity index (χ0v) is 14.2. The SMILES string of the molecule is CCOC(=O)C1=C(C)N=C2SCCC(=O)N2[C@H]1c1cccc(F)c1. The summed E-state index contributed by atoms with van der Waals surface area (Å²) in [6.07, 6.45) is 0.352. The van der Waals surface area contributed by atoms with E-state index in [0.717, 1.165) is 0 Å². The van der Waals surface area contributed by atoms with Gasteiger partial charge < -0.3 is 4.74 Å². The minimum atomic E-state index is -0.715. The summed E-state index contributed by atoms with van der Waals surface area (Å²) < 4.78 is 18.9. The molecule has 0 saturated carbocycles. The molecule has 0 spiro atoms. The summed E-state index contributed by atoms with van der Waals surface area (Å²) in [5, 5.41) is 0.547. The summed E-state index contributed by atoms with van der Waals surface area (Å²) in [5.41, 5.74) is 1.30. The Kier molecular flexibility index (Phi) is 4.71. The molecule has 0 radical (unpaired) electrons. The number of amidine groups is 1. The zero-order chi connectivity index (χ0) is 17.3. The van der Waals surface area contributed by atoms with E-state index in [1.807, 2.05) is 0 Å². The van der Waals surface area contributed by atoms with Gasteiger partial charge in [0, 0.05) is 12.2 Å². The lowest BCUT2D eigenvalue weighted by molar-refractivity contribution is -0.139. The van der Waals surface area contributed by atoms with Crippen LogP contribution < -0.4 is 0 Å². The Morgan fingerprint density at radius 2 is 2.29 bits per heavy atom. The smallest absolute Gasteiger partial charge is 0.338 e. The van der Waals surface area contributed by atoms with Crippen molar-refractivity contribution in [2.24, 2.45) is 4.99 Å². The van der Waals surface area contributed by atoms with Crippen LogP contribution in [0.15, 0.2) is 40.5 Å². The van der Waals surface area contributed by atoms with Crippen LogP contribution in [0.1, 0.15) is 31.9 Å². The first-order valence-corrected chi connectivity index (χ1v) is 8.68. The first kappa shape index (κ1) is 16.7. The average Bonchev–Trinajstić information content (AvgIpc) is 2.54. The van der Waals surface area contributed by atoms with Crippen LogP contribution in [-0.2, 0) is 14.3 Å². The third-order valence-electron chi connectivity index (χ3n) is 3.87. The van der Waals surface area contributed by atoms with Crippen LogP contribution in [0.4, 0.5) is 4.39 Å². The minimum absolute atomic E-state index is 0.129. The lowest BCUT2D eigenvalue weighted by atomic mass is 9.94. The molecule has 5 nitrogen and oxygen atoms in total. The molecule has 1 atom stereocenters. The summed E-state index contributed by atoms with van der Waals surface area (Å²) >= 11 is 1.46. The number of thioether (sulfide) groups is 1. The topological polar surface area (TPSA) is 59.0 Å². The number of rotatable bonds is 3. The Hall–Kier alpha value is -2.15. The molecular weight excluding hydrogens is 331 g/mol. The van der Waals surface area contributed by atoms with Gasteiger partial charge in [-0.2, -0.15) is 0 Å². The maximum Gasteiger partial charge on any atom is 0.338 e. The predicted octanol–water partition coefficient (Wildman–Crippen LogP) is 3.04. The zero-order valence-electron chi connectivity index (χ0n) is 13.4. The van der Waals surface area contributed by atoms with Gasteiger partial charge in [0.1, 0.15) is 5.82 Å². The molecule has 1 aromatic rings. The second-order valence-electron chi connectivity index (χ2n) is 5.43. The number of esters is 1. The highest BCUT2D eigenvalue weighted by Crippen LogP contribution is 2.40. The molecule has 0 bridgehead atoms. The third kappa shape index (κ3) is 2.96. The molecular formula is C17H17FN2O3S. The van der Waals surface area contributed by atoms with Crippen molar-refractivity contribution in [3.8, 4) is 0 Å². The van der Waals surface area contributed by atoms with Gasteiger partial charge in [-0.05, 0) is 31.5 Å². The highest BCUT2D eigenvalue weighted by atomic mass is 32.2. The molecule has 0 aromatic heterocycles. The molecule has 126 valence electrons. The van der Waals surface area contributed by atoms with Crippen molar-refractivity contribution in [1.82, 2.24) is 4.90 Å². The van der Waals surface area contributed by atoms with Gasteiger partial charge in [-0.25, -0.2) is 14.2 Å². The van der Waals surface area contributed by atoms with E-state index in [4.69, 9.17) is 4.74 Å². The molecule has 2 heterocycles. The van der Waals surface area contributed by atoms with Crippen molar-refractivity contribution in [3.05, 3.63) is 46.9 Å². The van der Waals surface area contributed by atoms with E-state index in [-0.39, 0.29) is 18.1 Å². The number of fused-ring (bicyclic) bond motifs is 1. The first-order valence-electron chi connectivity index (χ1n) is 7.69. The second kappa shape index (κ2) is 6.76. The van der Waals surface area contributed by atoms with Crippen molar-refractivity contribution in [3.63, 3.8) is 0 Å². The van der Waals surface area contributed by atoms with Crippen molar-refractivity contribution < 1.29 is 18.7 Å². The van der Waals surface area contributed by atoms with Crippen LogP contribution in [0.3, 0.4) is 0 Å². The van der Waals surface area contributed by atoms with Gasteiger partial charge in [0.2, 0.25) is 5.91 Å². The Balaban J connectivity index is 2.16. The van der Waals surface area contributed by atoms with E-state index < -0.39 is 17.8 Å². The van der Waals surface area contributed by atoms with E-state index in [9.17, 15) is 14.0 Å². The van der Waals surface area contributed by atoms with Gasteiger partial charge >= 0.3 is 5.97 Å². The number of carbonyl (C=O) groups is 2. The van der Waals surface area contributed by atoms with Gasteiger partial charge in [0.15, 0.2) is 5.17 Å². The average molecular weight is 348 g/mol. The molecule has 1 aromatic carbocycles. The fourth-order valence-corrected chi connectivity index (χ4v) is 3.87. The monoisotopic (exact) mass is 348 g/mol. The predicted molar refractivity (Wildman–Crippen MR) is 89.8 cm³/mol. The van der Waals surface area contributed by atoms with Crippen LogP contribution in [0, 0.1) is 5.82 Å². The quantitative estimate of drug-likeness (QED) is 0.788. The second-order valence-corrected chi connectivity index (χ2v) is 6.50. The van der Waals surface area contributed by atoms with Crippen molar-refractivity contribution in [2.45, 2.75) is 26.3 Å². The standard InChI is InChI=1S/C17H17FN2O3S/c1-3-23-16(22)14-10(2)19-17-20(13(21)7-8-24-17)15(14)11-5-4-6-12(18)9-11/h4-6,9,15H,3,7-8H2,1-2H3/t15-/m0/s1. The van der Waals surface area contributed by atoms with Crippen LogP contribution in [-0.4, -0.2) is 34.3 Å². The van der Waals surface area contributed by atoms with Gasteiger partial charge in [0.05, 0.1) is 23.9 Å². The van der Waals surface area contributed by atoms with Gasteiger partial charge in [-0.3, -0.25) is 9.69 Å². The molecule has 7 heteroatoms. The van der Waals surface area contributed by atoms with Crippen LogP contribution in [0.2, 0.25) is 0 Å². The molecule has 0 N–H and O–H groups in total. The molecule has 1 fully saturated rings. The van der Waals surface area contributed by atoms with Gasteiger partial charge in [-0.15, -0.1) is 0 Å². The number of aliphatic imine (C=N–C) groups is 1. The summed E-state index contributed by atoms with van der Waals surface area (Å²) in [6.45, 7) is 3.64. The third-order valence-corrected chi connectivity index (χ3v) is 4.82. The summed E-state index contributed by atoms with van der Waals surface area (Å²) in [5.74, 6) is -0.437. The molecule has 1 amide bonds. The van der Waals surface area contributed by atoms with E-state index in [1.54, 1.807) is 26.0 Å². The lowest BCUT2D eigenvalue weighted by Gasteiger charge is -2.38. The number of ether oxygens (including phenoxy) is 1. The molecule has 2 aliphatic rings. The van der Waals surface area contributed by atoms with Crippen LogP contribution >= 0.6 is 11.8 Å². The number of hydrogen-bond donors (Lipinski definition) is 0. The van der Waals surface area contributed by atoms with E-state index >= 15 is 0 Å². The first-order chi connectivity index (χ1) is 11.5. The van der Waals surface area contributed by atoms with E-state index in [1.165, 1.54) is 28.8 Å².